The first-order valence-electron chi connectivity index (χ1n) is 7.95. The molecule has 1 heterocycles. The molecule has 2 fully saturated rings. The smallest absolute Gasteiger partial charge is 0.0620 e. The summed E-state index contributed by atoms with van der Waals surface area (Å²) < 4.78 is 5.54. The van der Waals surface area contributed by atoms with Crippen molar-refractivity contribution < 1.29 is 4.74 Å². The topological polar surface area (TPSA) is 33.3 Å². The molecule has 3 atom stereocenters. The molecule has 3 unspecified atom stereocenters. The first kappa shape index (κ1) is 14.1. The fourth-order valence-electron chi connectivity index (χ4n) is 3.17. The molecule has 20 heavy (non-hydrogen) atoms. The standard InChI is InChI=1S/C17H26N2O/c1-13(11-16-12-20-10-9-18-16)19-17(15-7-8-15)14-5-3-2-4-6-14/h2-6,13,15-19H,7-12H2,1H3. The van der Waals surface area contributed by atoms with E-state index in [9.17, 15) is 0 Å². The second-order valence-electron chi connectivity index (χ2n) is 6.26. The summed E-state index contributed by atoms with van der Waals surface area (Å²) in [5.41, 5.74) is 1.44. The van der Waals surface area contributed by atoms with Gasteiger partial charge in [0.15, 0.2) is 0 Å². The molecule has 3 nitrogen and oxygen atoms in total. The number of ether oxygens (including phenoxy) is 1. The summed E-state index contributed by atoms with van der Waals surface area (Å²) in [6.07, 6.45) is 3.87. The lowest BCUT2D eigenvalue weighted by Gasteiger charge is -2.29. The largest absolute Gasteiger partial charge is 0.379 e. The zero-order valence-corrected chi connectivity index (χ0v) is 12.3. The van der Waals surface area contributed by atoms with Crippen molar-refractivity contribution in [3.05, 3.63) is 35.9 Å². The van der Waals surface area contributed by atoms with Crippen LogP contribution in [0.1, 0.15) is 37.8 Å². The van der Waals surface area contributed by atoms with Crippen LogP contribution in [-0.2, 0) is 4.74 Å². The predicted molar refractivity (Wildman–Crippen MR) is 81.7 cm³/mol. The first-order valence-corrected chi connectivity index (χ1v) is 7.95. The Bertz CT molecular complexity index is 399. The van der Waals surface area contributed by atoms with Crippen LogP contribution >= 0.6 is 0 Å². The first-order chi connectivity index (χ1) is 9.83. The van der Waals surface area contributed by atoms with E-state index in [0.29, 0.717) is 18.1 Å². The minimum Gasteiger partial charge on any atom is -0.379 e. The molecule has 0 aromatic heterocycles. The molecule has 1 saturated carbocycles. The van der Waals surface area contributed by atoms with E-state index in [2.05, 4.69) is 47.9 Å². The van der Waals surface area contributed by atoms with Gasteiger partial charge in [-0.2, -0.15) is 0 Å². The normalized spacial score (nSPS) is 26.1. The molecule has 3 heteroatoms. The summed E-state index contributed by atoms with van der Waals surface area (Å²) >= 11 is 0. The number of rotatable bonds is 6. The van der Waals surface area contributed by atoms with Gasteiger partial charge in [-0.15, -0.1) is 0 Å². The third-order valence-electron chi connectivity index (χ3n) is 4.35. The van der Waals surface area contributed by atoms with Crippen LogP contribution < -0.4 is 10.6 Å². The summed E-state index contributed by atoms with van der Waals surface area (Å²) in [4.78, 5) is 0. The van der Waals surface area contributed by atoms with Crippen LogP contribution in [0.2, 0.25) is 0 Å². The maximum Gasteiger partial charge on any atom is 0.0620 e. The van der Waals surface area contributed by atoms with Crippen LogP contribution in [0.3, 0.4) is 0 Å². The van der Waals surface area contributed by atoms with Crippen LogP contribution in [0.15, 0.2) is 30.3 Å². The van der Waals surface area contributed by atoms with Crippen molar-refractivity contribution in [3.63, 3.8) is 0 Å². The van der Waals surface area contributed by atoms with Gasteiger partial charge in [0, 0.05) is 24.7 Å². The monoisotopic (exact) mass is 274 g/mol. The molecule has 2 aliphatic rings. The molecule has 3 rings (SSSR count). The Hall–Kier alpha value is -0.900. The van der Waals surface area contributed by atoms with Crippen LogP contribution in [0, 0.1) is 5.92 Å². The van der Waals surface area contributed by atoms with Gasteiger partial charge in [0.05, 0.1) is 13.2 Å². The Morgan fingerprint density at radius 3 is 2.75 bits per heavy atom. The van der Waals surface area contributed by atoms with E-state index in [1.807, 2.05) is 0 Å². The fraction of sp³-hybridized carbons (Fsp3) is 0.647. The molecule has 1 aliphatic carbocycles. The SMILES string of the molecule is CC(CC1COCCN1)NC(c1ccccc1)C1CC1. The van der Waals surface area contributed by atoms with E-state index in [4.69, 9.17) is 4.74 Å². The third kappa shape index (κ3) is 3.81. The second-order valence-corrected chi connectivity index (χ2v) is 6.26. The molecule has 110 valence electrons. The summed E-state index contributed by atoms with van der Waals surface area (Å²) in [7, 11) is 0. The summed E-state index contributed by atoms with van der Waals surface area (Å²) in [5, 5.41) is 7.39. The lowest BCUT2D eigenvalue weighted by molar-refractivity contribution is 0.0706. The van der Waals surface area contributed by atoms with E-state index >= 15 is 0 Å². The van der Waals surface area contributed by atoms with Gasteiger partial charge in [-0.1, -0.05) is 30.3 Å². The van der Waals surface area contributed by atoms with E-state index in [1.54, 1.807) is 0 Å². The number of morpholine rings is 1. The van der Waals surface area contributed by atoms with Gasteiger partial charge in [0.2, 0.25) is 0 Å². The van der Waals surface area contributed by atoms with Crippen LogP contribution in [-0.4, -0.2) is 31.8 Å². The highest BCUT2D eigenvalue weighted by Gasteiger charge is 2.33. The highest BCUT2D eigenvalue weighted by molar-refractivity contribution is 5.21. The maximum absolute atomic E-state index is 5.54. The quantitative estimate of drug-likeness (QED) is 0.836. The summed E-state index contributed by atoms with van der Waals surface area (Å²) in [5.74, 6) is 0.829. The van der Waals surface area contributed by atoms with Gasteiger partial charge >= 0.3 is 0 Å². The van der Waals surface area contributed by atoms with E-state index in [1.165, 1.54) is 18.4 Å². The zero-order chi connectivity index (χ0) is 13.8. The Kier molecular flexibility index (Phi) is 4.71. The lowest BCUT2D eigenvalue weighted by Crippen LogP contribution is -2.45. The van der Waals surface area contributed by atoms with Crippen LogP contribution in [0.25, 0.3) is 0 Å². The summed E-state index contributed by atoms with van der Waals surface area (Å²) in [6.45, 7) is 5.00. The molecular formula is C17H26N2O. The highest BCUT2D eigenvalue weighted by Crippen LogP contribution is 2.41. The molecule has 0 radical (unpaired) electrons. The van der Waals surface area contributed by atoms with Crippen molar-refractivity contribution >= 4 is 0 Å². The number of hydrogen-bond donors (Lipinski definition) is 2. The van der Waals surface area contributed by atoms with Crippen molar-refractivity contribution in [1.82, 2.24) is 10.6 Å². The van der Waals surface area contributed by atoms with E-state index < -0.39 is 0 Å². The van der Waals surface area contributed by atoms with E-state index in [0.717, 1.165) is 32.1 Å². The van der Waals surface area contributed by atoms with Crippen LogP contribution in [0.4, 0.5) is 0 Å². The number of nitrogens with one attached hydrogen (secondary N) is 2. The maximum atomic E-state index is 5.54. The Balaban J connectivity index is 1.56. The molecule has 0 bridgehead atoms. The van der Waals surface area contributed by atoms with Crippen molar-refractivity contribution in [2.75, 3.05) is 19.8 Å². The minimum absolute atomic E-state index is 0.502. The average Bonchev–Trinajstić information content (AvgIpc) is 3.31. The number of benzene rings is 1. The second kappa shape index (κ2) is 6.70. The predicted octanol–water partition coefficient (Wildman–Crippen LogP) is 2.49. The third-order valence-corrected chi connectivity index (χ3v) is 4.35. The Labute approximate surface area is 122 Å². The molecule has 1 aromatic carbocycles. The molecule has 2 N–H and O–H groups in total. The molecule has 1 saturated heterocycles. The Morgan fingerprint density at radius 1 is 1.30 bits per heavy atom. The fourth-order valence-corrected chi connectivity index (χ4v) is 3.17. The van der Waals surface area contributed by atoms with Gasteiger partial charge in [0.25, 0.3) is 0 Å². The van der Waals surface area contributed by atoms with Crippen molar-refractivity contribution in [3.8, 4) is 0 Å². The van der Waals surface area contributed by atoms with Crippen molar-refractivity contribution in [2.45, 2.75) is 44.3 Å². The van der Waals surface area contributed by atoms with Gasteiger partial charge < -0.3 is 15.4 Å². The average molecular weight is 274 g/mol. The van der Waals surface area contributed by atoms with Crippen molar-refractivity contribution in [1.29, 1.82) is 0 Å². The van der Waals surface area contributed by atoms with E-state index in [-0.39, 0.29) is 0 Å². The van der Waals surface area contributed by atoms with Crippen LogP contribution in [0.5, 0.6) is 0 Å². The Morgan fingerprint density at radius 2 is 2.10 bits per heavy atom. The summed E-state index contributed by atoms with van der Waals surface area (Å²) in [6, 6.07) is 12.4. The number of hydrogen-bond acceptors (Lipinski definition) is 3. The molecule has 0 amide bonds. The molecule has 0 spiro atoms. The van der Waals surface area contributed by atoms with Gasteiger partial charge in [-0.05, 0) is 37.7 Å². The van der Waals surface area contributed by atoms with Gasteiger partial charge in [-0.3, -0.25) is 0 Å². The van der Waals surface area contributed by atoms with Gasteiger partial charge in [-0.25, -0.2) is 0 Å². The molecule has 1 aromatic rings. The molecular weight excluding hydrogens is 248 g/mol. The lowest BCUT2D eigenvalue weighted by atomic mass is 10.00. The van der Waals surface area contributed by atoms with Crippen molar-refractivity contribution in [2.24, 2.45) is 5.92 Å². The van der Waals surface area contributed by atoms with Gasteiger partial charge in [0.1, 0.15) is 0 Å². The zero-order valence-electron chi connectivity index (χ0n) is 12.3. The molecule has 1 aliphatic heterocycles. The minimum atomic E-state index is 0.502. The highest BCUT2D eigenvalue weighted by atomic mass is 16.5.